The average Bonchev–Trinajstić information content (AvgIpc) is 2.68. The van der Waals surface area contributed by atoms with Crippen LogP contribution >= 0.6 is 0 Å². The molecule has 5 heteroatoms. The van der Waals surface area contributed by atoms with Crippen LogP contribution in [0.2, 0.25) is 0 Å². The van der Waals surface area contributed by atoms with Gasteiger partial charge in [-0.25, -0.2) is 4.68 Å². The molecule has 0 saturated carbocycles. The Morgan fingerprint density at radius 2 is 2.21 bits per heavy atom. The molecule has 2 aromatic heterocycles. The van der Waals surface area contributed by atoms with Crippen molar-refractivity contribution in [3.63, 3.8) is 0 Å². The van der Waals surface area contributed by atoms with Crippen molar-refractivity contribution in [3.8, 4) is 0 Å². The number of nitrogens with one attached hydrogen (secondary N) is 1. The molecule has 0 aromatic carbocycles. The molecule has 0 aliphatic heterocycles. The van der Waals surface area contributed by atoms with E-state index < -0.39 is 0 Å². The van der Waals surface area contributed by atoms with Crippen molar-refractivity contribution in [3.05, 3.63) is 35.8 Å². The van der Waals surface area contributed by atoms with E-state index in [1.807, 2.05) is 36.0 Å². The van der Waals surface area contributed by atoms with E-state index in [1.165, 1.54) is 0 Å². The van der Waals surface area contributed by atoms with E-state index in [0.29, 0.717) is 0 Å². The van der Waals surface area contributed by atoms with Gasteiger partial charge >= 0.3 is 0 Å². The third-order valence-electron chi connectivity index (χ3n) is 3.01. The number of rotatable bonds is 6. The van der Waals surface area contributed by atoms with Crippen LogP contribution in [0.1, 0.15) is 24.7 Å². The molecule has 0 fully saturated rings. The largest absolute Gasteiger partial charge is 0.394 e. The Labute approximate surface area is 113 Å². The smallest absolute Gasteiger partial charge is 0.148 e. The van der Waals surface area contributed by atoms with Gasteiger partial charge in [0, 0.05) is 31.4 Å². The molecule has 2 aromatic rings. The number of anilines is 2. The molecule has 0 unspecified atom stereocenters. The second-order valence-electron chi connectivity index (χ2n) is 4.57. The molecule has 19 heavy (non-hydrogen) atoms. The van der Waals surface area contributed by atoms with Crippen LogP contribution < -0.4 is 11.1 Å². The fraction of sp³-hybridized carbons (Fsp3) is 0.429. The first-order chi connectivity index (χ1) is 9.22. The first-order valence-electron chi connectivity index (χ1n) is 6.69. The minimum atomic E-state index is 0.745. The van der Waals surface area contributed by atoms with E-state index in [9.17, 15) is 0 Å². The molecular formula is C14H21N5. The monoisotopic (exact) mass is 259 g/mol. The summed E-state index contributed by atoms with van der Waals surface area (Å²) in [6.07, 6.45) is 3.72. The fourth-order valence-corrected chi connectivity index (χ4v) is 2.01. The highest BCUT2D eigenvalue weighted by Gasteiger charge is 2.11. The molecule has 0 bridgehead atoms. The Hall–Kier alpha value is -2.04. The zero-order valence-corrected chi connectivity index (χ0v) is 11.6. The summed E-state index contributed by atoms with van der Waals surface area (Å²) >= 11 is 0. The third kappa shape index (κ3) is 3.24. The Kier molecular flexibility index (Phi) is 4.39. The second-order valence-corrected chi connectivity index (χ2v) is 4.57. The Morgan fingerprint density at radius 1 is 1.37 bits per heavy atom. The quantitative estimate of drug-likeness (QED) is 0.834. The SMILES string of the molecule is CCCn1nc(C)c(N)c1NCCc1ccccn1. The van der Waals surface area contributed by atoms with E-state index >= 15 is 0 Å². The molecule has 0 spiro atoms. The molecule has 2 rings (SSSR count). The van der Waals surface area contributed by atoms with E-state index in [1.54, 1.807) is 0 Å². The van der Waals surface area contributed by atoms with Gasteiger partial charge in [0.1, 0.15) is 5.82 Å². The topological polar surface area (TPSA) is 68.8 Å². The average molecular weight is 259 g/mol. The molecule has 0 aliphatic rings. The number of hydrogen-bond acceptors (Lipinski definition) is 4. The van der Waals surface area contributed by atoms with Gasteiger partial charge in [0.25, 0.3) is 0 Å². The number of nitrogens with zero attached hydrogens (tertiary/aromatic N) is 3. The zero-order valence-electron chi connectivity index (χ0n) is 11.6. The molecule has 0 amide bonds. The number of nitrogens with two attached hydrogens (primary N) is 1. The molecule has 0 saturated heterocycles. The molecule has 5 nitrogen and oxygen atoms in total. The van der Waals surface area contributed by atoms with Crippen LogP contribution in [0.4, 0.5) is 11.5 Å². The minimum Gasteiger partial charge on any atom is -0.394 e. The molecule has 0 aliphatic carbocycles. The molecule has 2 heterocycles. The molecule has 3 N–H and O–H groups in total. The maximum Gasteiger partial charge on any atom is 0.148 e. The summed E-state index contributed by atoms with van der Waals surface area (Å²) in [4.78, 5) is 4.30. The van der Waals surface area contributed by atoms with Crippen molar-refractivity contribution in [1.29, 1.82) is 0 Å². The summed E-state index contributed by atoms with van der Waals surface area (Å²) in [7, 11) is 0. The van der Waals surface area contributed by atoms with Gasteiger partial charge in [0.05, 0.1) is 11.4 Å². The van der Waals surface area contributed by atoms with Crippen molar-refractivity contribution in [1.82, 2.24) is 14.8 Å². The van der Waals surface area contributed by atoms with Gasteiger partial charge in [-0.1, -0.05) is 13.0 Å². The number of nitrogen functional groups attached to an aromatic ring is 1. The number of pyridine rings is 1. The van der Waals surface area contributed by atoms with Crippen LogP contribution in [-0.2, 0) is 13.0 Å². The van der Waals surface area contributed by atoms with Gasteiger partial charge in [0.2, 0.25) is 0 Å². The van der Waals surface area contributed by atoms with Crippen LogP contribution in [0, 0.1) is 6.92 Å². The summed E-state index contributed by atoms with van der Waals surface area (Å²) in [6.45, 7) is 5.75. The fourth-order valence-electron chi connectivity index (χ4n) is 2.01. The number of hydrogen-bond donors (Lipinski definition) is 2. The summed E-state index contributed by atoms with van der Waals surface area (Å²) in [5.41, 5.74) is 8.76. The summed E-state index contributed by atoms with van der Waals surface area (Å²) in [5, 5.41) is 7.81. The first-order valence-corrected chi connectivity index (χ1v) is 6.69. The van der Waals surface area contributed by atoms with Crippen LogP contribution in [0.5, 0.6) is 0 Å². The van der Waals surface area contributed by atoms with Gasteiger partial charge in [-0.2, -0.15) is 5.10 Å². The lowest BCUT2D eigenvalue weighted by atomic mass is 10.2. The van der Waals surface area contributed by atoms with E-state index in [-0.39, 0.29) is 0 Å². The summed E-state index contributed by atoms with van der Waals surface area (Å²) in [5.74, 6) is 0.926. The van der Waals surface area contributed by atoms with Crippen molar-refractivity contribution in [2.45, 2.75) is 33.2 Å². The summed E-state index contributed by atoms with van der Waals surface area (Å²) in [6, 6.07) is 5.95. The van der Waals surface area contributed by atoms with Gasteiger partial charge in [0.15, 0.2) is 0 Å². The highest BCUT2D eigenvalue weighted by molar-refractivity contribution is 5.64. The highest BCUT2D eigenvalue weighted by Crippen LogP contribution is 2.22. The number of aryl methyl sites for hydroxylation is 2. The lowest BCUT2D eigenvalue weighted by molar-refractivity contribution is 0.602. The van der Waals surface area contributed by atoms with Crippen molar-refractivity contribution < 1.29 is 0 Å². The number of aromatic nitrogens is 3. The first kappa shape index (κ1) is 13.4. The van der Waals surface area contributed by atoms with Crippen molar-refractivity contribution >= 4 is 11.5 Å². The van der Waals surface area contributed by atoms with Crippen LogP contribution in [0.25, 0.3) is 0 Å². The molecule has 102 valence electrons. The van der Waals surface area contributed by atoms with E-state index in [4.69, 9.17) is 5.73 Å². The van der Waals surface area contributed by atoms with Crippen molar-refractivity contribution in [2.24, 2.45) is 0 Å². The van der Waals surface area contributed by atoms with Gasteiger partial charge < -0.3 is 11.1 Å². The van der Waals surface area contributed by atoms with Crippen LogP contribution in [0.15, 0.2) is 24.4 Å². The predicted molar refractivity (Wildman–Crippen MR) is 78.1 cm³/mol. The molecule has 0 radical (unpaired) electrons. The standard InChI is InChI=1S/C14H21N5/c1-3-10-19-14(13(15)11(2)18-19)17-9-7-12-6-4-5-8-16-12/h4-6,8,17H,3,7,9-10,15H2,1-2H3. The predicted octanol–water partition coefficient (Wildman–Crippen LogP) is 2.23. The third-order valence-corrected chi connectivity index (χ3v) is 3.01. The summed E-state index contributed by atoms with van der Waals surface area (Å²) < 4.78 is 1.95. The zero-order chi connectivity index (χ0) is 13.7. The van der Waals surface area contributed by atoms with E-state index in [0.717, 1.165) is 48.8 Å². The Morgan fingerprint density at radius 3 is 2.89 bits per heavy atom. The van der Waals surface area contributed by atoms with Crippen LogP contribution in [0.3, 0.4) is 0 Å². The van der Waals surface area contributed by atoms with Crippen LogP contribution in [-0.4, -0.2) is 21.3 Å². The maximum absolute atomic E-state index is 6.05. The minimum absolute atomic E-state index is 0.745. The normalized spacial score (nSPS) is 10.6. The highest BCUT2D eigenvalue weighted by atomic mass is 15.3. The molecule has 0 atom stereocenters. The van der Waals surface area contributed by atoms with Gasteiger partial charge in [-0.3, -0.25) is 4.98 Å². The van der Waals surface area contributed by atoms with E-state index in [2.05, 4.69) is 22.3 Å². The lowest BCUT2D eigenvalue weighted by Gasteiger charge is -2.09. The van der Waals surface area contributed by atoms with Gasteiger partial charge in [-0.05, 0) is 25.5 Å². The second kappa shape index (κ2) is 6.22. The van der Waals surface area contributed by atoms with Crippen molar-refractivity contribution in [2.75, 3.05) is 17.6 Å². The van der Waals surface area contributed by atoms with Gasteiger partial charge in [-0.15, -0.1) is 0 Å². The molecular weight excluding hydrogens is 238 g/mol. The Balaban J connectivity index is 1.99. The lowest BCUT2D eigenvalue weighted by Crippen LogP contribution is -2.12. The Bertz CT molecular complexity index is 518. The maximum atomic E-state index is 6.05.